The summed E-state index contributed by atoms with van der Waals surface area (Å²) >= 11 is 13.4. The van der Waals surface area contributed by atoms with Crippen LogP contribution in [0.15, 0.2) is 10.1 Å². The van der Waals surface area contributed by atoms with Crippen LogP contribution in [0, 0.1) is 11.8 Å². The molecule has 0 aromatic rings. The van der Waals surface area contributed by atoms with Crippen LogP contribution in [-0.4, -0.2) is 37.5 Å². The molecule has 4 atom stereocenters. The van der Waals surface area contributed by atoms with Crippen molar-refractivity contribution in [3.8, 4) is 11.8 Å². The number of hydrogen-bond donors (Lipinski definition) is 0. The molecule has 3 rings (SSSR count). The largest absolute Gasteiger partial charge is 0.353 e. The maximum Gasteiger partial charge on any atom is 0.158 e. The molecule has 2 heterocycles. The summed E-state index contributed by atoms with van der Waals surface area (Å²) in [7, 11) is 0. The average Bonchev–Trinajstić information content (AvgIpc) is 2.97. The maximum absolute atomic E-state index is 6.76. The fraction of sp³-hybridized carbons (Fsp3) is 0.826. The summed E-state index contributed by atoms with van der Waals surface area (Å²) in [6.07, 6.45) is 10.7. The van der Waals surface area contributed by atoms with E-state index in [2.05, 4.69) is 18.8 Å². The minimum absolute atomic E-state index is 0.228. The SMILES string of the molecule is CCCCCC#CCC1(OC2CCCCO2)CC(OC2CCCCO2)C(Cl)=C1Cl. The predicted octanol–water partition coefficient (Wildman–Crippen LogP) is 6.25. The smallest absolute Gasteiger partial charge is 0.158 e. The van der Waals surface area contributed by atoms with Crippen LogP contribution < -0.4 is 0 Å². The van der Waals surface area contributed by atoms with Crippen molar-refractivity contribution in [3.05, 3.63) is 10.1 Å². The summed E-state index contributed by atoms with van der Waals surface area (Å²) in [5.41, 5.74) is -0.766. The molecule has 29 heavy (non-hydrogen) atoms. The second-order valence-corrected chi connectivity index (χ2v) is 8.97. The lowest BCUT2D eigenvalue weighted by Crippen LogP contribution is -2.39. The fourth-order valence-corrected chi connectivity index (χ4v) is 4.66. The first kappa shape index (κ1) is 23.4. The molecule has 2 aliphatic heterocycles. The highest BCUT2D eigenvalue weighted by molar-refractivity contribution is 6.40. The van der Waals surface area contributed by atoms with Crippen LogP contribution >= 0.6 is 23.2 Å². The molecule has 6 heteroatoms. The Morgan fingerprint density at radius 2 is 1.72 bits per heavy atom. The summed E-state index contributed by atoms with van der Waals surface area (Å²) in [6.45, 7) is 3.64. The number of rotatable bonds is 8. The van der Waals surface area contributed by atoms with E-state index in [1.165, 1.54) is 12.8 Å². The average molecular weight is 445 g/mol. The third kappa shape index (κ3) is 6.60. The Bertz CT molecular complexity index is 600. The van der Waals surface area contributed by atoms with Crippen LogP contribution in [0.25, 0.3) is 0 Å². The van der Waals surface area contributed by atoms with E-state index in [1.54, 1.807) is 0 Å². The first-order chi connectivity index (χ1) is 14.1. The number of unbranched alkanes of at least 4 members (excludes halogenated alkanes) is 3. The molecule has 0 N–H and O–H groups in total. The van der Waals surface area contributed by atoms with E-state index < -0.39 is 5.60 Å². The van der Waals surface area contributed by atoms with Crippen molar-refractivity contribution in [2.24, 2.45) is 0 Å². The molecule has 4 unspecified atom stereocenters. The summed E-state index contributed by atoms with van der Waals surface area (Å²) in [5, 5.41) is 1.03. The van der Waals surface area contributed by atoms with E-state index in [4.69, 9.17) is 42.1 Å². The molecule has 2 saturated heterocycles. The van der Waals surface area contributed by atoms with Gasteiger partial charge in [-0.2, -0.15) is 0 Å². The topological polar surface area (TPSA) is 36.9 Å². The van der Waals surface area contributed by atoms with Crippen LogP contribution in [0.4, 0.5) is 0 Å². The molecule has 0 saturated carbocycles. The molecule has 0 radical (unpaired) electrons. The molecular formula is C23H34Cl2O4. The minimum atomic E-state index is -0.766. The third-order valence-corrected chi connectivity index (χ3v) is 6.84. The van der Waals surface area contributed by atoms with Gasteiger partial charge < -0.3 is 18.9 Å². The van der Waals surface area contributed by atoms with Crippen LogP contribution in [0.5, 0.6) is 0 Å². The summed E-state index contributed by atoms with van der Waals surface area (Å²) in [5.74, 6) is 6.58. The second-order valence-electron chi connectivity index (χ2n) is 8.18. The van der Waals surface area contributed by atoms with Crippen molar-refractivity contribution in [2.45, 2.75) is 108 Å². The monoisotopic (exact) mass is 444 g/mol. The zero-order valence-electron chi connectivity index (χ0n) is 17.5. The van der Waals surface area contributed by atoms with Crippen molar-refractivity contribution in [1.82, 2.24) is 0 Å². The highest BCUT2D eigenvalue weighted by Crippen LogP contribution is 2.48. The molecule has 0 aromatic carbocycles. The van der Waals surface area contributed by atoms with Gasteiger partial charge in [-0.1, -0.05) is 48.9 Å². The van der Waals surface area contributed by atoms with Crippen LogP contribution in [0.2, 0.25) is 0 Å². The normalized spacial score (nSPS) is 32.9. The molecule has 4 nitrogen and oxygen atoms in total. The van der Waals surface area contributed by atoms with Gasteiger partial charge in [0.05, 0.1) is 10.1 Å². The minimum Gasteiger partial charge on any atom is -0.353 e. The van der Waals surface area contributed by atoms with Crippen molar-refractivity contribution in [1.29, 1.82) is 0 Å². The number of hydrogen-bond acceptors (Lipinski definition) is 4. The molecular weight excluding hydrogens is 411 g/mol. The molecule has 0 aromatic heterocycles. The molecule has 1 aliphatic carbocycles. The van der Waals surface area contributed by atoms with Gasteiger partial charge in [0.1, 0.15) is 11.7 Å². The lowest BCUT2D eigenvalue weighted by molar-refractivity contribution is -0.223. The van der Waals surface area contributed by atoms with Crippen LogP contribution in [0.3, 0.4) is 0 Å². The predicted molar refractivity (Wildman–Crippen MR) is 116 cm³/mol. The summed E-state index contributed by atoms with van der Waals surface area (Å²) in [6, 6.07) is 0. The lowest BCUT2D eigenvalue weighted by atomic mass is 9.97. The molecule has 2 fully saturated rings. The van der Waals surface area contributed by atoms with Gasteiger partial charge in [-0.25, -0.2) is 0 Å². The van der Waals surface area contributed by atoms with Crippen molar-refractivity contribution >= 4 is 23.2 Å². The zero-order valence-corrected chi connectivity index (χ0v) is 19.0. The van der Waals surface area contributed by atoms with Gasteiger partial charge in [-0.05, 0) is 44.9 Å². The first-order valence-corrected chi connectivity index (χ1v) is 12.0. The standard InChI is InChI=1S/C23H34Cl2O4/c1-2-3-4-5-6-9-14-23(29-20-13-8-11-16-27-20)17-18(21(24)22(23)25)28-19-12-7-10-15-26-19/h18-20H,2-5,7-8,10-17H2,1H3. The number of halogens is 2. The van der Waals surface area contributed by atoms with E-state index in [9.17, 15) is 0 Å². The first-order valence-electron chi connectivity index (χ1n) is 11.2. The third-order valence-electron chi connectivity index (χ3n) is 5.76. The van der Waals surface area contributed by atoms with Crippen LogP contribution in [-0.2, 0) is 18.9 Å². The molecule has 164 valence electrons. The second kappa shape index (κ2) is 11.9. The van der Waals surface area contributed by atoms with Crippen LogP contribution in [0.1, 0.15) is 84.0 Å². The van der Waals surface area contributed by atoms with Gasteiger partial charge in [0, 0.05) is 32.5 Å². The van der Waals surface area contributed by atoms with Crippen molar-refractivity contribution in [2.75, 3.05) is 13.2 Å². The summed E-state index contributed by atoms with van der Waals surface area (Å²) in [4.78, 5) is 0. The van der Waals surface area contributed by atoms with E-state index in [0.717, 1.165) is 58.0 Å². The van der Waals surface area contributed by atoms with Gasteiger partial charge in [-0.3, -0.25) is 0 Å². The molecule has 0 bridgehead atoms. The fourth-order valence-electron chi connectivity index (χ4n) is 4.05. The van der Waals surface area contributed by atoms with Gasteiger partial charge in [0.2, 0.25) is 0 Å². The molecule has 0 amide bonds. The van der Waals surface area contributed by atoms with Gasteiger partial charge in [-0.15, -0.1) is 5.92 Å². The highest BCUT2D eigenvalue weighted by atomic mass is 35.5. The Kier molecular flexibility index (Phi) is 9.62. The summed E-state index contributed by atoms with van der Waals surface area (Å²) < 4.78 is 24.2. The Balaban J connectivity index is 1.69. The molecule has 0 spiro atoms. The highest BCUT2D eigenvalue weighted by Gasteiger charge is 2.48. The Morgan fingerprint density at radius 1 is 1.00 bits per heavy atom. The number of ether oxygens (including phenoxy) is 4. The van der Waals surface area contributed by atoms with E-state index >= 15 is 0 Å². The van der Waals surface area contributed by atoms with E-state index in [1.807, 2.05) is 0 Å². The Morgan fingerprint density at radius 3 is 2.38 bits per heavy atom. The van der Waals surface area contributed by atoms with Gasteiger partial charge in [0.15, 0.2) is 12.6 Å². The zero-order chi connectivity index (χ0) is 20.5. The molecule has 3 aliphatic rings. The van der Waals surface area contributed by atoms with E-state index in [-0.39, 0.29) is 18.7 Å². The Hall–Kier alpha value is -0.280. The van der Waals surface area contributed by atoms with Crippen molar-refractivity contribution in [3.63, 3.8) is 0 Å². The Labute approximate surface area is 185 Å². The van der Waals surface area contributed by atoms with Gasteiger partial charge >= 0.3 is 0 Å². The quantitative estimate of drug-likeness (QED) is 0.327. The van der Waals surface area contributed by atoms with Gasteiger partial charge in [0.25, 0.3) is 0 Å². The van der Waals surface area contributed by atoms with Crippen molar-refractivity contribution < 1.29 is 18.9 Å². The lowest BCUT2D eigenvalue weighted by Gasteiger charge is -2.35. The van der Waals surface area contributed by atoms with E-state index in [0.29, 0.717) is 29.5 Å². The maximum atomic E-state index is 6.76.